The van der Waals surface area contributed by atoms with Crippen LogP contribution in [-0.2, 0) is 0 Å². The minimum absolute atomic E-state index is 0.0481. The van der Waals surface area contributed by atoms with E-state index < -0.39 is 0 Å². The van der Waals surface area contributed by atoms with E-state index in [-0.39, 0.29) is 6.03 Å². The minimum Gasteiger partial charge on any atom is -0.322 e. The second-order valence-electron chi connectivity index (χ2n) is 4.36. The lowest BCUT2D eigenvalue weighted by atomic mass is 10.3. The van der Waals surface area contributed by atoms with E-state index in [1.807, 2.05) is 17.0 Å². The number of benzene rings is 1. The molecule has 0 aromatic heterocycles. The van der Waals surface area contributed by atoms with E-state index in [2.05, 4.69) is 17.1 Å². The summed E-state index contributed by atoms with van der Waals surface area (Å²) in [5.41, 5.74) is 0.741. The molecule has 5 heteroatoms. The van der Waals surface area contributed by atoms with Crippen LogP contribution >= 0.6 is 11.6 Å². The van der Waals surface area contributed by atoms with Crippen LogP contribution < -0.4 is 5.32 Å². The van der Waals surface area contributed by atoms with E-state index in [0.717, 1.165) is 38.4 Å². The van der Waals surface area contributed by atoms with Crippen molar-refractivity contribution in [2.75, 3.05) is 38.0 Å². The third kappa shape index (κ3) is 3.37. The first-order valence-electron chi connectivity index (χ1n) is 6.23. The molecule has 1 aromatic carbocycles. The van der Waals surface area contributed by atoms with E-state index in [0.29, 0.717) is 5.02 Å². The van der Waals surface area contributed by atoms with Crippen LogP contribution in [-0.4, -0.2) is 48.6 Å². The Balaban J connectivity index is 1.89. The highest BCUT2D eigenvalue weighted by molar-refractivity contribution is 6.30. The Morgan fingerprint density at radius 2 is 2.06 bits per heavy atom. The molecule has 98 valence electrons. The molecule has 1 heterocycles. The van der Waals surface area contributed by atoms with Crippen LogP contribution in [0.3, 0.4) is 0 Å². The highest BCUT2D eigenvalue weighted by Gasteiger charge is 2.19. The lowest BCUT2D eigenvalue weighted by Gasteiger charge is -2.33. The molecule has 1 aliphatic rings. The number of amides is 2. The van der Waals surface area contributed by atoms with Gasteiger partial charge >= 0.3 is 6.03 Å². The van der Waals surface area contributed by atoms with Gasteiger partial charge in [-0.05, 0) is 24.7 Å². The zero-order chi connectivity index (χ0) is 13.0. The quantitative estimate of drug-likeness (QED) is 0.894. The van der Waals surface area contributed by atoms with Gasteiger partial charge in [0.05, 0.1) is 0 Å². The van der Waals surface area contributed by atoms with E-state index in [1.54, 1.807) is 12.1 Å². The number of urea groups is 1. The van der Waals surface area contributed by atoms with Gasteiger partial charge in [-0.15, -0.1) is 0 Å². The Bertz CT molecular complexity index is 416. The Morgan fingerprint density at radius 1 is 1.33 bits per heavy atom. The fourth-order valence-electron chi connectivity index (χ4n) is 2.04. The predicted molar refractivity (Wildman–Crippen MR) is 74.2 cm³/mol. The van der Waals surface area contributed by atoms with Crippen molar-refractivity contribution < 1.29 is 4.79 Å². The number of nitrogens with one attached hydrogen (secondary N) is 1. The van der Waals surface area contributed by atoms with Gasteiger partial charge in [0.2, 0.25) is 0 Å². The molecule has 0 atom stereocenters. The first-order valence-corrected chi connectivity index (χ1v) is 6.60. The van der Waals surface area contributed by atoms with Crippen molar-refractivity contribution >= 4 is 23.3 Å². The van der Waals surface area contributed by atoms with Crippen LogP contribution in [0.5, 0.6) is 0 Å². The second-order valence-corrected chi connectivity index (χ2v) is 4.80. The molecule has 0 radical (unpaired) electrons. The smallest absolute Gasteiger partial charge is 0.321 e. The number of halogens is 1. The van der Waals surface area contributed by atoms with Crippen molar-refractivity contribution in [1.29, 1.82) is 0 Å². The van der Waals surface area contributed by atoms with Crippen molar-refractivity contribution in [2.45, 2.75) is 6.92 Å². The number of likely N-dealkylation sites (N-methyl/N-ethyl adjacent to an activating group) is 1. The lowest BCUT2D eigenvalue weighted by Crippen LogP contribution is -2.49. The Morgan fingerprint density at radius 3 is 2.67 bits per heavy atom. The van der Waals surface area contributed by atoms with Crippen LogP contribution in [0.15, 0.2) is 24.3 Å². The number of carbonyl (C=O) groups is 1. The van der Waals surface area contributed by atoms with E-state index in [1.165, 1.54) is 0 Å². The van der Waals surface area contributed by atoms with Crippen LogP contribution in [0, 0.1) is 0 Å². The second kappa shape index (κ2) is 6.07. The number of nitrogens with zero attached hydrogens (tertiary/aromatic N) is 2. The summed E-state index contributed by atoms with van der Waals surface area (Å²) < 4.78 is 0. The van der Waals surface area contributed by atoms with Gasteiger partial charge in [0.1, 0.15) is 0 Å². The molecule has 4 nitrogen and oxygen atoms in total. The molecule has 2 amide bonds. The van der Waals surface area contributed by atoms with Gasteiger partial charge in [0.15, 0.2) is 0 Å². The first-order chi connectivity index (χ1) is 8.69. The van der Waals surface area contributed by atoms with Gasteiger partial charge < -0.3 is 15.1 Å². The molecule has 0 saturated carbocycles. The Labute approximate surface area is 113 Å². The summed E-state index contributed by atoms with van der Waals surface area (Å²) in [6.45, 7) is 6.63. The Hall–Kier alpha value is -1.26. The average Bonchev–Trinajstić information content (AvgIpc) is 2.39. The monoisotopic (exact) mass is 267 g/mol. The van der Waals surface area contributed by atoms with Crippen molar-refractivity contribution in [3.8, 4) is 0 Å². The predicted octanol–water partition coefficient (Wildman–Crippen LogP) is 2.51. The number of anilines is 1. The molecule has 0 bridgehead atoms. The Kier molecular flexibility index (Phi) is 4.44. The maximum Gasteiger partial charge on any atom is 0.321 e. The van der Waals surface area contributed by atoms with Crippen molar-refractivity contribution in [2.24, 2.45) is 0 Å². The minimum atomic E-state index is -0.0481. The van der Waals surface area contributed by atoms with Crippen LogP contribution in [0.25, 0.3) is 0 Å². The summed E-state index contributed by atoms with van der Waals surface area (Å²) in [6, 6.07) is 7.16. The van der Waals surface area contributed by atoms with Gasteiger partial charge in [-0.25, -0.2) is 4.79 Å². The first kappa shape index (κ1) is 13.2. The summed E-state index contributed by atoms with van der Waals surface area (Å²) in [5, 5.41) is 3.50. The van der Waals surface area contributed by atoms with E-state index in [9.17, 15) is 4.79 Å². The molecule has 1 aliphatic heterocycles. The fourth-order valence-corrected chi connectivity index (χ4v) is 2.23. The molecule has 1 fully saturated rings. The zero-order valence-electron chi connectivity index (χ0n) is 10.5. The summed E-state index contributed by atoms with van der Waals surface area (Å²) in [6.07, 6.45) is 0. The maximum atomic E-state index is 12.0. The summed E-state index contributed by atoms with van der Waals surface area (Å²) in [7, 11) is 0. The molecule has 1 N–H and O–H groups in total. The topological polar surface area (TPSA) is 35.6 Å². The number of hydrogen-bond acceptors (Lipinski definition) is 2. The summed E-state index contributed by atoms with van der Waals surface area (Å²) >= 11 is 5.88. The van der Waals surface area contributed by atoms with Gasteiger partial charge in [-0.2, -0.15) is 0 Å². The number of rotatable bonds is 2. The van der Waals surface area contributed by atoms with E-state index in [4.69, 9.17) is 11.6 Å². The van der Waals surface area contributed by atoms with E-state index >= 15 is 0 Å². The third-order valence-electron chi connectivity index (χ3n) is 3.18. The van der Waals surface area contributed by atoms with Gasteiger partial charge in [0.25, 0.3) is 0 Å². The van der Waals surface area contributed by atoms with Crippen LogP contribution in [0.4, 0.5) is 10.5 Å². The summed E-state index contributed by atoms with van der Waals surface area (Å²) in [4.78, 5) is 16.2. The highest BCUT2D eigenvalue weighted by Crippen LogP contribution is 2.15. The SMILES string of the molecule is CCN1CCN(C(=O)Nc2cccc(Cl)c2)CC1. The van der Waals surface area contributed by atoms with Crippen LogP contribution in [0.2, 0.25) is 5.02 Å². The molecule has 0 spiro atoms. The molecule has 18 heavy (non-hydrogen) atoms. The van der Waals surface area contributed by atoms with Gasteiger partial charge in [-0.1, -0.05) is 24.6 Å². The molecule has 2 rings (SSSR count). The van der Waals surface area contributed by atoms with Crippen LogP contribution in [0.1, 0.15) is 6.92 Å². The highest BCUT2D eigenvalue weighted by atomic mass is 35.5. The van der Waals surface area contributed by atoms with Crippen molar-refractivity contribution in [1.82, 2.24) is 9.80 Å². The number of carbonyl (C=O) groups excluding carboxylic acids is 1. The van der Waals surface area contributed by atoms with Crippen molar-refractivity contribution in [3.05, 3.63) is 29.3 Å². The van der Waals surface area contributed by atoms with Gasteiger partial charge in [0, 0.05) is 36.9 Å². The molecular weight excluding hydrogens is 250 g/mol. The molecular formula is C13H18ClN3O. The summed E-state index contributed by atoms with van der Waals surface area (Å²) in [5.74, 6) is 0. The number of piperazine rings is 1. The lowest BCUT2D eigenvalue weighted by molar-refractivity contribution is 0.151. The molecule has 1 aromatic rings. The standard InChI is InChI=1S/C13H18ClN3O/c1-2-16-6-8-17(9-7-16)13(18)15-12-5-3-4-11(14)10-12/h3-5,10H,2,6-9H2,1H3,(H,15,18). The van der Waals surface area contributed by atoms with Gasteiger partial charge in [-0.3, -0.25) is 0 Å². The van der Waals surface area contributed by atoms with Crippen molar-refractivity contribution in [3.63, 3.8) is 0 Å². The fraction of sp³-hybridized carbons (Fsp3) is 0.462. The number of hydrogen-bond donors (Lipinski definition) is 1. The largest absolute Gasteiger partial charge is 0.322 e. The third-order valence-corrected chi connectivity index (χ3v) is 3.42. The molecule has 1 saturated heterocycles. The zero-order valence-corrected chi connectivity index (χ0v) is 11.3. The normalized spacial score (nSPS) is 16.7. The molecule has 0 unspecified atom stereocenters. The average molecular weight is 268 g/mol. The maximum absolute atomic E-state index is 12.0. The molecule has 0 aliphatic carbocycles.